The highest BCUT2D eigenvalue weighted by molar-refractivity contribution is 7.88. The molecule has 2 rings (SSSR count). The largest absolute Gasteiger partial charge is 0.398 e. The second-order valence-corrected chi connectivity index (χ2v) is 7.99. The van der Waals surface area contributed by atoms with Crippen LogP contribution < -0.4 is 5.73 Å². The zero-order chi connectivity index (χ0) is 14.8. The van der Waals surface area contributed by atoms with Gasteiger partial charge >= 0.3 is 0 Å². The molecular formula is C15H24N2O2S. The Kier molecular flexibility index (Phi) is 4.39. The number of hydrogen-bond donors (Lipinski definition) is 1. The SMILES string of the molecule is CCC1(C)CCN(S(=O)(=O)Cc2ccccc2N)CC1. The maximum absolute atomic E-state index is 12.5. The molecule has 0 spiro atoms. The number of para-hydroxylation sites is 1. The monoisotopic (exact) mass is 296 g/mol. The Balaban J connectivity index is 2.07. The fourth-order valence-corrected chi connectivity index (χ4v) is 4.19. The lowest BCUT2D eigenvalue weighted by Gasteiger charge is -2.38. The van der Waals surface area contributed by atoms with Crippen molar-refractivity contribution in [3.63, 3.8) is 0 Å². The molecule has 5 heteroatoms. The van der Waals surface area contributed by atoms with E-state index in [1.165, 1.54) is 0 Å². The van der Waals surface area contributed by atoms with E-state index in [4.69, 9.17) is 5.73 Å². The van der Waals surface area contributed by atoms with Gasteiger partial charge in [-0.3, -0.25) is 0 Å². The van der Waals surface area contributed by atoms with Gasteiger partial charge in [-0.15, -0.1) is 0 Å². The summed E-state index contributed by atoms with van der Waals surface area (Å²) in [4.78, 5) is 0. The zero-order valence-corrected chi connectivity index (χ0v) is 13.1. The van der Waals surface area contributed by atoms with Gasteiger partial charge in [-0.2, -0.15) is 0 Å². The first-order valence-electron chi connectivity index (χ1n) is 7.17. The van der Waals surface area contributed by atoms with Gasteiger partial charge in [0.25, 0.3) is 0 Å². The van der Waals surface area contributed by atoms with E-state index in [0.717, 1.165) is 19.3 Å². The highest BCUT2D eigenvalue weighted by atomic mass is 32.2. The molecule has 1 aromatic carbocycles. The van der Waals surface area contributed by atoms with Crippen molar-refractivity contribution in [1.82, 2.24) is 4.31 Å². The molecule has 20 heavy (non-hydrogen) atoms. The first kappa shape index (κ1) is 15.3. The van der Waals surface area contributed by atoms with Gasteiger partial charge < -0.3 is 5.73 Å². The van der Waals surface area contributed by atoms with Gasteiger partial charge in [0.05, 0.1) is 5.75 Å². The minimum Gasteiger partial charge on any atom is -0.398 e. The summed E-state index contributed by atoms with van der Waals surface area (Å²) in [6.07, 6.45) is 2.98. The first-order chi connectivity index (χ1) is 9.36. The number of benzene rings is 1. The minimum absolute atomic E-state index is 0.00249. The zero-order valence-electron chi connectivity index (χ0n) is 12.3. The van der Waals surface area contributed by atoms with Crippen molar-refractivity contribution in [3.05, 3.63) is 29.8 Å². The van der Waals surface area contributed by atoms with Crippen LogP contribution in [0.15, 0.2) is 24.3 Å². The molecule has 0 bridgehead atoms. The number of sulfonamides is 1. The van der Waals surface area contributed by atoms with Crippen molar-refractivity contribution < 1.29 is 8.42 Å². The van der Waals surface area contributed by atoms with Crippen molar-refractivity contribution in [1.29, 1.82) is 0 Å². The van der Waals surface area contributed by atoms with E-state index < -0.39 is 10.0 Å². The Hall–Kier alpha value is -1.07. The Labute approximate surface area is 122 Å². The van der Waals surface area contributed by atoms with Crippen LogP contribution in [0.5, 0.6) is 0 Å². The molecule has 1 saturated heterocycles. The van der Waals surface area contributed by atoms with E-state index in [1.54, 1.807) is 16.4 Å². The molecule has 1 aliphatic heterocycles. The van der Waals surface area contributed by atoms with Gasteiger partial charge in [0.2, 0.25) is 10.0 Å². The summed E-state index contributed by atoms with van der Waals surface area (Å²) < 4.78 is 26.6. The van der Waals surface area contributed by atoms with Crippen molar-refractivity contribution in [2.75, 3.05) is 18.8 Å². The summed E-state index contributed by atoms with van der Waals surface area (Å²) >= 11 is 0. The molecule has 112 valence electrons. The van der Waals surface area contributed by atoms with Crippen molar-refractivity contribution in [2.45, 2.75) is 38.9 Å². The molecular weight excluding hydrogens is 272 g/mol. The van der Waals surface area contributed by atoms with E-state index in [0.29, 0.717) is 24.3 Å². The summed E-state index contributed by atoms with van der Waals surface area (Å²) in [5.41, 5.74) is 7.37. The van der Waals surface area contributed by atoms with Gasteiger partial charge in [0, 0.05) is 18.8 Å². The van der Waals surface area contributed by atoms with Crippen LogP contribution in [-0.2, 0) is 15.8 Å². The van der Waals surface area contributed by atoms with Gasteiger partial charge in [0.1, 0.15) is 0 Å². The lowest BCUT2D eigenvalue weighted by atomic mass is 9.79. The number of anilines is 1. The third-order valence-corrected chi connectivity index (χ3v) is 6.40. The molecule has 1 heterocycles. The van der Waals surface area contributed by atoms with Crippen molar-refractivity contribution in [3.8, 4) is 0 Å². The molecule has 0 amide bonds. The molecule has 1 aromatic rings. The van der Waals surface area contributed by atoms with Gasteiger partial charge in [-0.1, -0.05) is 38.5 Å². The van der Waals surface area contributed by atoms with Crippen LogP contribution in [0.25, 0.3) is 0 Å². The molecule has 0 unspecified atom stereocenters. The van der Waals surface area contributed by atoms with E-state index in [2.05, 4.69) is 13.8 Å². The molecule has 2 N–H and O–H groups in total. The Bertz CT molecular complexity index is 561. The molecule has 4 nitrogen and oxygen atoms in total. The number of hydrogen-bond acceptors (Lipinski definition) is 3. The number of piperidine rings is 1. The fourth-order valence-electron chi connectivity index (χ4n) is 2.61. The van der Waals surface area contributed by atoms with Crippen LogP contribution in [0.1, 0.15) is 38.7 Å². The van der Waals surface area contributed by atoms with Crippen LogP contribution in [0.2, 0.25) is 0 Å². The van der Waals surface area contributed by atoms with E-state index in [-0.39, 0.29) is 11.2 Å². The second-order valence-electron chi connectivity index (χ2n) is 6.02. The predicted molar refractivity (Wildman–Crippen MR) is 82.7 cm³/mol. The number of nitrogen functional groups attached to an aromatic ring is 1. The first-order valence-corrected chi connectivity index (χ1v) is 8.78. The third kappa shape index (κ3) is 3.33. The maximum atomic E-state index is 12.5. The lowest BCUT2D eigenvalue weighted by molar-refractivity contribution is 0.169. The summed E-state index contributed by atoms with van der Waals surface area (Å²) in [5, 5.41) is 0. The van der Waals surface area contributed by atoms with Crippen LogP contribution in [0, 0.1) is 5.41 Å². The topological polar surface area (TPSA) is 63.4 Å². The van der Waals surface area contributed by atoms with E-state index in [1.807, 2.05) is 12.1 Å². The van der Waals surface area contributed by atoms with Crippen LogP contribution in [0.4, 0.5) is 5.69 Å². The quantitative estimate of drug-likeness (QED) is 0.869. The third-order valence-electron chi connectivity index (χ3n) is 4.57. The summed E-state index contributed by atoms with van der Waals surface area (Å²) in [7, 11) is -3.26. The van der Waals surface area contributed by atoms with Crippen LogP contribution in [0.3, 0.4) is 0 Å². The Morgan fingerprint density at radius 2 is 1.85 bits per heavy atom. The van der Waals surface area contributed by atoms with Crippen molar-refractivity contribution in [2.24, 2.45) is 5.41 Å². The minimum atomic E-state index is -3.26. The summed E-state index contributed by atoms with van der Waals surface area (Å²) in [6.45, 7) is 5.67. The molecule has 1 aliphatic rings. The molecule has 0 radical (unpaired) electrons. The average molecular weight is 296 g/mol. The van der Waals surface area contributed by atoms with Gasteiger partial charge in [-0.05, 0) is 29.9 Å². The van der Waals surface area contributed by atoms with Gasteiger partial charge in [-0.25, -0.2) is 12.7 Å². The summed E-state index contributed by atoms with van der Waals surface area (Å²) in [6, 6.07) is 7.17. The highest BCUT2D eigenvalue weighted by Crippen LogP contribution is 2.35. The summed E-state index contributed by atoms with van der Waals surface area (Å²) in [5.74, 6) is 0.00249. The van der Waals surface area contributed by atoms with Crippen LogP contribution in [-0.4, -0.2) is 25.8 Å². The number of nitrogens with zero attached hydrogens (tertiary/aromatic N) is 1. The molecule has 1 fully saturated rings. The lowest BCUT2D eigenvalue weighted by Crippen LogP contribution is -2.42. The molecule has 0 aromatic heterocycles. The molecule has 0 atom stereocenters. The number of nitrogens with two attached hydrogens (primary N) is 1. The maximum Gasteiger partial charge on any atom is 0.218 e. The Morgan fingerprint density at radius 3 is 2.40 bits per heavy atom. The van der Waals surface area contributed by atoms with Crippen molar-refractivity contribution >= 4 is 15.7 Å². The van der Waals surface area contributed by atoms with E-state index in [9.17, 15) is 8.42 Å². The van der Waals surface area contributed by atoms with Crippen LogP contribution >= 0.6 is 0 Å². The predicted octanol–water partition coefficient (Wildman–Crippen LogP) is 2.61. The highest BCUT2D eigenvalue weighted by Gasteiger charge is 2.33. The number of rotatable bonds is 4. The average Bonchev–Trinajstić information content (AvgIpc) is 2.42. The standard InChI is InChI=1S/C15H24N2O2S/c1-3-15(2)8-10-17(11-9-15)20(18,19)12-13-6-4-5-7-14(13)16/h4-7H,3,8-12,16H2,1-2H3. The van der Waals surface area contributed by atoms with E-state index >= 15 is 0 Å². The normalized spacial score (nSPS) is 19.9. The molecule has 0 saturated carbocycles. The fraction of sp³-hybridized carbons (Fsp3) is 0.600. The van der Waals surface area contributed by atoms with Gasteiger partial charge in [0.15, 0.2) is 0 Å². The molecule has 0 aliphatic carbocycles. The smallest absolute Gasteiger partial charge is 0.218 e. The second kappa shape index (κ2) is 5.74. The Morgan fingerprint density at radius 1 is 1.25 bits per heavy atom.